The summed E-state index contributed by atoms with van der Waals surface area (Å²) in [5.74, 6) is -3.42. The normalized spacial score (nSPS) is 15.8. The number of hydrogen-bond acceptors (Lipinski definition) is 7. The van der Waals surface area contributed by atoms with Gasteiger partial charge in [0.1, 0.15) is 29.0 Å². The molecule has 1 aromatic heterocycles. The number of carbonyl (C=O) groups excluding carboxylic acids is 2. The highest BCUT2D eigenvalue weighted by Crippen LogP contribution is 2.40. The number of allylic oxidation sites excluding steroid dienone is 1. The highest BCUT2D eigenvalue weighted by molar-refractivity contribution is 6.36. The van der Waals surface area contributed by atoms with E-state index in [2.05, 4.69) is 10.3 Å². The molecule has 0 radical (unpaired) electrons. The van der Waals surface area contributed by atoms with Gasteiger partial charge in [-0.05, 0) is 47.9 Å². The van der Waals surface area contributed by atoms with Gasteiger partial charge in [-0.25, -0.2) is 13.6 Å². The van der Waals surface area contributed by atoms with Crippen LogP contribution in [0.3, 0.4) is 0 Å². The van der Waals surface area contributed by atoms with Crippen LogP contribution in [-0.4, -0.2) is 63.5 Å². The molecule has 2 aromatic carbocycles. The molecule has 1 unspecified atom stereocenters. The lowest BCUT2D eigenvalue weighted by Crippen LogP contribution is -2.43. The van der Waals surface area contributed by atoms with Gasteiger partial charge in [0.25, 0.3) is 5.91 Å². The molecule has 222 valence electrons. The average Bonchev–Trinajstić information content (AvgIpc) is 2.99. The summed E-state index contributed by atoms with van der Waals surface area (Å²) in [6, 6.07) is 6.99. The number of esters is 1. The van der Waals surface area contributed by atoms with Gasteiger partial charge in [-0.15, -0.1) is 0 Å². The molecule has 11 heteroatoms. The average molecular weight is 601 g/mol. The fourth-order valence-electron chi connectivity index (χ4n) is 5.00. The largest absolute Gasteiger partial charge is 0.496 e. The van der Waals surface area contributed by atoms with Gasteiger partial charge in [-0.2, -0.15) is 0 Å². The molecule has 0 saturated carbocycles. The van der Waals surface area contributed by atoms with Gasteiger partial charge in [-0.3, -0.25) is 9.78 Å². The summed E-state index contributed by atoms with van der Waals surface area (Å²) < 4.78 is 50.6. The Hall–Kier alpha value is -3.86. The van der Waals surface area contributed by atoms with Crippen LogP contribution < -0.4 is 5.32 Å². The molecule has 0 bridgehead atoms. The van der Waals surface area contributed by atoms with Crippen LogP contribution in [0.25, 0.3) is 16.5 Å². The van der Waals surface area contributed by atoms with E-state index in [-0.39, 0.29) is 12.5 Å². The van der Waals surface area contributed by atoms with Crippen molar-refractivity contribution in [1.82, 2.24) is 10.3 Å². The molecule has 0 spiro atoms. The van der Waals surface area contributed by atoms with Crippen molar-refractivity contribution < 1.29 is 37.3 Å². The molecule has 1 heterocycles. The van der Waals surface area contributed by atoms with Gasteiger partial charge >= 0.3 is 5.97 Å². The standard InChI is InChI=1S/C31H31ClF2N2O6/c1-5-42-16-17-13-24(39-2)27(25(14-17)40-3)19-10-9-18(29-26(19)20(32)11-12-35-29)15-23(31(38)41-4)36-30(37)28-21(33)7-6-8-22(28)34/h6-13,23,25H,5,14-16H2,1-4H3,(H,36,37)/t23-,25?/m0/s1. The Morgan fingerprint density at radius 1 is 1.12 bits per heavy atom. The number of benzene rings is 2. The molecule has 0 saturated heterocycles. The minimum absolute atomic E-state index is 0.0963. The molecule has 2 atom stereocenters. The number of nitrogens with zero attached hydrogens (tertiary/aromatic N) is 1. The summed E-state index contributed by atoms with van der Waals surface area (Å²) in [4.78, 5) is 30.1. The van der Waals surface area contributed by atoms with E-state index in [1.54, 1.807) is 26.4 Å². The highest BCUT2D eigenvalue weighted by atomic mass is 35.5. The first-order chi connectivity index (χ1) is 20.2. The van der Waals surface area contributed by atoms with E-state index in [0.717, 1.165) is 36.5 Å². The van der Waals surface area contributed by atoms with E-state index in [4.69, 9.17) is 30.5 Å². The summed E-state index contributed by atoms with van der Waals surface area (Å²) in [5, 5.41) is 3.38. The summed E-state index contributed by atoms with van der Waals surface area (Å²) in [6.45, 7) is 2.94. The molecule has 8 nitrogen and oxygen atoms in total. The Balaban J connectivity index is 1.79. The second kappa shape index (κ2) is 13.9. The maximum absolute atomic E-state index is 14.3. The van der Waals surface area contributed by atoms with Crippen LogP contribution in [-0.2, 0) is 30.2 Å². The van der Waals surface area contributed by atoms with Gasteiger partial charge in [0.05, 0.1) is 37.5 Å². The molecule has 4 rings (SSSR count). The van der Waals surface area contributed by atoms with Gasteiger partial charge in [-0.1, -0.05) is 29.8 Å². The minimum atomic E-state index is -1.28. The topological polar surface area (TPSA) is 96.0 Å². The summed E-state index contributed by atoms with van der Waals surface area (Å²) >= 11 is 6.73. The summed E-state index contributed by atoms with van der Waals surface area (Å²) in [5.41, 5.74) is 2.69. The fraction of sp³-hybridized carbons (Fsp3) is 0.323. The molecule has 1 amide bonds. The molecule has 0 fully saturated rings. The Bertz CT molecular complexity index is 1540. The van der Waals surface area contributed by atoms with Crippen molar-refractivity contribution in [2.24, 2.45) is 0 Å². The van der Waals surface area contributed by atoms with Crippen molar-refractivity contribution in [2.75, 3.05) is 34.5 Å². The number of hydrogen-bond donors (Lipinski definition) is 1. The van der Waals surface area contributed by atoms with Crippen LogP contribution in [0, 0.1) is 11.6 Å². The zero-order chi connectivity index (χ0) is 30.4. The van der Waals surface area contributed by atoms with E-state index in [0.29, 0.717) is 52.4 Å². The molecule has 3 aromatic rings. The number of fused-ring (bicyclic) bond motifs is 1. The van der Waals surface area contributed by atoms with Gasteiger partial charge in [0.15, 0.2) is 0 Å². The third-order valence-corrected chi connectivity index (χ3v) is 7.30. The zero-order valence-electron chi connectivity index (χ0n) is 23.6. The first-order valence-electron chi connectivity index (χ1n) is 13.2. The van der Waals surface area contributed by atoms with Gasteiger partial charge < -0.3 is 24.3 Å². The number of halogens is 3. The SMILES string of the molecule is CCOCC1=CC(OC)=C(c2ccc(C[C@H](NC(=O)c3c(F)cccc3F)C(=O)OC)c3nccc(Cl)c23)C(OC)C1. The van der Waals surface area contributed by atoms with Crippen molar-refractivity contribution in [2.45, 2.75) is 31.9 Å². The number of methoxy groups -OCH3 is 3. The summed E-state index contributed by atoms with van der Waals surface area (Å²) in [7, 11) is 4.34. The van der Waals surface area contributed by atoms with E-state index in [1.165, 1.54) is 6.20 Å². The van der Waals surface area contributed by atoms with Crippen molar-refractivity contribution in [3.8, 4) is 0 Å². The quantitative estimate of drug-likeness (QED) is 0.294. The lowest BCUT2D eigenvalue weighted by Gasteiger charge is -2.28. The first kappa shape index (κ1) is 31.1. The van der Waals surface area contributed by atoms with Crippen molar-refractivity contribution >= 4 is 40.0 Å². The Morgan fingerprint density at radius 2 is 1.86 bits per heavy atom. The second-order valence-electron chi connectivity index (χ2n) is 9.49. The maximum atomic E-state index is 14.3. The van der Waals surface area contributed by atoms with Crippen LogP contribution in [0.4, 0.5) is 8.78 Å². The van der Waals surface area contributed by atoms with E-state index < -0.39 is 35.1 Å². The number of nitrogens with one attached hydrogen (secondary N) is 1. The highest BCUT2D eigenvalue weighted by Gasteiger charge is 2.30. The predicted molar refractivity (Wildman–Crippen MR) is 154 cm³/mol. The number of ether oxygens (including phenoxy) is 4. The molecule has 1 aliphatic carbocycles. The van der Waals surface area contributed by atoms with Crippen LogP contribution in [0.5, 0.6) is 0 Å². The predicted octanol–water partition coefficient (Wildman–Crippen LogP) is 5.42. The smallest absolute Gasteiger partial charge is 0.328 e. The Labute approximate surface area is 247 Å². The third-order valence-electron chi connectivity index (χ3n) is 6.99. The second-order valence-corrected chi connectivity index (χ2v) is 9.90. The van der Waals surface area contributed by atoms with Crippen LogP contribution in [0.1, 0.15) is 34.8 Å². The summed E-state index contributed by atoms with van der Waals surface area (Å²) in [6.07, 6.45) is 3.56. The molecule has 1 N–H and O–H groups in total. The number of aromatic nitrogens is 1. The fourth-order valence-corrected chi connectivity index (χ4v) is 5.25. The van der Waals surface area contributed by atoms with E-state index in [1.807, 2.05) is 19.1 Å². The lowest BCUT2D eigenvalue weighted by molar-refractivity contribution is -0.142. The molecule has 0 aliphatic heterocycles. The van der Waals surface area contributed by atoms with Gasteiger partial charge in [0.2, 0.25) is 0 Å². The number of pyridine rings is 1. The van der Waals surface area contributed by atoms with E-state index in [9.17, 15) is 18.4 Å². The number of rotatable bonds is 11. The van der Waals surface area contributed by atoms with Gasteiger partial charge in [0, 0.05) is 43.7 Å². The van der Waals surface area contributed by atoms with E-state index >= 15 is 0 Å². The molecular weight excluding hydrogens is 570 g/mol. The monoisotopic (exact) mass is 600 g/mol. The third kappa shape index (κ3) is 6.46. The van der Waals surface area contributed by atoms with Crippen molar-refractivity contribution in [3.63, 3.8) is 0 Å². The van der Waals surface area contributed by atoms with Crippen LogP contribution in [0.15, 0.2) is 60.0 Å². The Morgan fingerprint density at radius 3 is 2.50 bits per heavy atom. The molecular formula is C31H31ClF2N2O6. The van der Waals surface area contributed by atoms with Crippen molar-refractivity contribution in [3.05, 3.63) is 93.4 Å². The minimum Gasteiger partial charge on any atom is -0.496 e. The molecule has 1 aliphatic rings. The van der Waals surface area contributed by atoms with Crippen molar-refractivity contribution in [1.29, 1.82) is 0 Å². The number of carbonyl (C=O) groups is 2. The zero-order valence-corrected chi connectivity index (χ0v) is 24.4. The van der Waals surface area contributed by atoms with Crippen LogP contribution in [0.2, 0.25) is 5.02 Å². The lowest BCUT2D eigenvalue weighted by atomic mass is 9.86. The van der Waals surface area contributed by atoms with Crippen LogP contribution >= 0.6 is 11.6 Å². The number of amides is 1. The molecule has 42 heavy (non-hydrogen) atoms. The Kier molecular flexibility index (Phi) is 10.3. The first-order valence-corrected chi connectivity index (χ1v) is 13.6. The maximum Gasteiger partial charge on any atom is 0.328 e.